The van der Waals surface area contributed by atoms with Gasteiger partial charge in [-0.1, -0.05) is 6.07 Å². The lowest BCUT2D eigenvalue weighted by Crippen LogP contribution is -2.14. The molecule has 0 radical (unpaired) electrons. The van der Waals surface area contributed by atoms with Crippen LogP contribution in [0.3, 0.4) is 0 Å². The Kier molecular flexibility index (Phi) is 3.74. The molecule has 0 aliphatic rings. The lowest BCUT2D eigenvalue weighted by Gasteiger charge is -2.08. The van der Waals surface area contributed by atoms with Crippen molar-refractivity contribution in [2.75, 3.05) is 0 Å². The van der Waals surface area contributed by atoms with Crippen LogP contribution >= 0.6 is 0 Å². The zero-order valence-electron chi connectivity index (χ0n) is 10.2. The van der Waals surface area contributed by atoms with Gasteiger partial charge in [-0.05, 0) is 18.6 Å². The van der Waals surface area contributed by atoms with Crippen LogP contribution in [-0.2, 0) is 0 Å². The van der Waals surface area contributed by atoms with Crippen LogP contribution in [-0.4, -0.2) is 5.97 Å². The Labute approximate surface area is 111 Å². The highest BCUT2D eigenvalue weighted by Gasteiger charge is 2.21. The molecule has 0 heterocycles. The van der Waals surface area contributed by atoms with E-state index in [2.05, 4.69) is 4.74 Å². The van der Waals surface area contributed by atoms with Crippen LogP contribution in [0.15, 0.2) is 30.3 Å². The molecule has 20 heavy (non-hydrogen) atoms. The van der Waals surface area contributed by atoms with E-state index in [0.717, 1.165) is 24.3 Å². The van der Waals surface area contributed by atoms with Gasteiger partial charge in [0, 0.05) is 18.2 Å². The summed E-state index contributed by atoms with van der Waals surface area (Å²) in [6.45, 7) is 1.34. The summed E-state index contributed by atoms with van der Waals surface area (Å²) in [6, 6.07) is 4.09. The molecule has 2 rings (SSSR count). The molecule has 0 aromatic heterocycles. The van der Waals surface area contributed by atoms with Gasteiger partial charge < -0.3 is 4.74 Å². The number of hydrogen-bond donors (Lipinski definition) is 0. The number of ether oxygens (including phenoxy) is 1. The molecule has 0 saturated heterocycles. The van der Waals surface area contributed by atoms with Gasteiger partial charge in [0.1, 0.15) is 34.6 Å². The van der Waals surface area contributed by atoms with Gasteiger partial charge in [0.15, 0.2) is 0 Å². The number of benzene rings is 2. The molecule has 0 saturated carbocycles. The highest BCUT2D eigenvalue weighted by Crippen LogP contribution is 2.21. The second-order valence-electron chi connectivity index (χ2n) is 4.05. The van der Waals surface area contributed by atoms with Gasteiger partial charge in [0.05, 0.1) is 0 Å². The quantitative estimate of drug-likeness (QED) is 0.476. The van der Waals surface area contributed by atoms with Gasteiger partial charge in [0.2, 0.25) is 0 Å². The van der Waals surface area contributed by atoms with E-state index >= 15 is 0 Å². The van der Waals surface area contributed by atoms with E-state index in [1.54, 1.807) is 0 Å². The second-order valence-corrected chi connectivity index (χ2v) is 4.05. The molecule has 0 aliphatic heterocycles. The highest BCUT2D eigenvalue weighted by molar-refractivity contribution is 5.91. The van der Waals surface area contributed by atoms with Crippen molar-refractivity contribution >= 4 is 5.97 Å². The van der Waals surface area contributed by atoms with Gasteiger partial charge in [0.25, 0.3) is 0 Å². The standard InChI is InChI=1S/C14H8F4O2/c1-7-2-3-11(17)12(13(7)18)14(19)20-10-5-8(15)4-9(16)6-10/h2-6H,1H3. The minimum absolute atomic E-state index is 0.0452. The van der Waals surface area contributed by atoms with E-state index in [4.69, 9.17) is 0 Å². The maximum atomic E-state index is 13.7. The Morgan fingerprint density at radius 2 is 1.60 bits per heavy atom. The van der Waals surface area contributed by atoms with E-state index in [0.29, 0.717) is 6.07 Å². The third-order valence-corrected chi connectivity index (χ3v) is 2.53. The van der Waals surface area contributed by atoms with Crippen LogP contribution in [0.5, 0.6) is 5.75 Å². The van der Waals surface area contributed by atoms with E-state index in [9.17, 15) is 22.4 Å². The lowest BCUT2D eigenvalue weighted by atomic mass is 10.1. The van der Waals surface area contributed by atoms with Crippen molar-refractivity contribution in [3.8, 4) is 5.75 Å². The number of rotatable bonds is 2. The first kappa shape index (κ1) is 14.0. The minimum Gasteiger partial charge on any atom is -0.423 e. The van der Waals surface area contributed by atoms with Crippen molar-refractivity contribution in [3.05, 3.63) is 64.7 Å². The molecule has 0 atom stereocenters. The molecule has 0 fully saturated rings. The average molecular weight is 284 g/mol. The summed E-state index contributed by atoms with van der Waals surface area (Å²) in [6.07, 6.45) is 0. The number of carbonyl (C=O) groups excluding carboxylic acids is 1. The van der Waals surface area contributed by atoms with Crippen LogP contribution in [0.25, 0.3) is 0 Å². The largest absolute Gasteiger partial charge is 0.423 e. The first-order valence-corrected chi connectivity index (χ1v) is 5.51. The summed E-state index contributed by atoms with van der Waals surface area (Å²) in [7, 11) is 0. The average Bonchev–Trinajstić information content (AvgIpc) is 2.33. The number of carbonyl (C=O) groups is 1. The molecule has 6 heteroatoms. The lowest BCUT2D eigenvalue weighted by molar-refractivity contribution is 0.0723. The van der Waals surface area contributed by atoms with Gasteiger partial charge >= 0.3 is 5.97 Å². The van der Waals surface area contributed by atoms with Crippen LogP contribution in [0.1, 0.15) is 15.9 Å². The van der Waals surface area contributed by atoms with Crippen LogP contribution < -0.4 is 4.74 Å². The minimum atomic E-state index is -1.37. The molecule has 2 nitrogen and oxygen atoms in total. The fourth-order valence-corrected chi connectivity index (χ4v) is 1.59. The summed E-state index contributed by atoms with van der Waals surface area (Å²) in [4.78, 5) is 11.7. The zero-order chi connectivity index (χ0) is 14.9. The summed E-state index contributed by atoms with van der Waals surface area (Å²) in [5.74, 6) is -5.99. The fraction of sp³-hybridized carbons (Fsp3) is 0.0714. The summed E-state index contributed by atoms with van der Waals surface area (Å²) < 4.78 is 57.6. The van der Waals surface area contributed by atoms with Gasteiger partial charge in [-0.2, -0.15) is 0 Å². The van der Waals surface area contributed by atoms with E-state index in [1.807, 2.05) is 0 Å². The van der Waals surface area contributed by atoms with Crippen molar-refractivity contribution in [2.45, 2.75) is 6.92 Å². The second kappa shape index (κ2) is 5.32. The van der Waals surface area contributed by atoms with Crippen molar-refractivity contribution in [1.29, 1.82) is 0 Å². The molecular weight excluding hydrogens is 276 g/mol. The number of esters is 1. The smallest absolute Gasteiger partial charge is 0.349 e. The van der Waals surface area contributed by atoms with Crippen molar-refractivity contribution in [2.24, 2.45) is 0 Å². The first-order chi connectivity index (χ1) is 9.38. The molecule has 0 spiro atoms. The number of halogens is 4. The normalized spacial score (nSPS) is 10.4. The van der Waals surface area contributed by atoms with Gasteiger partial charge in [-0.3, -0.25) is 0 Å². The molecule has 2 aromatic carbocycles. The van der Waals surface area contributed by atoms with Gasteiger partial charge in [-0.25, -0.2) is 22.4 Å². The van der Waals surface area contributed by atoms with Crippen molar-refractivity contribution < 1.29 is 27.1 Å². The van der Waals surface area contributed by atoms with Crippen LogP contribution in [0.2, 0.25) is 0 Å². The van der Waals surface area contributed by atoms with E-state index in [-0.39, 0.29) is 5.56 Å². The Bertz CT molecular complexity index is 663. The third-order valence-electron chi connectivity index (χ3n) is 2.53. The topological polar surface area (TPSA) is 26.3 Å². The van der Waals surface area contributed by atoms with Crippen molar-refractivity contribution in [3.63, 3.8) is 0 Å². The SMILES string of the molecule is Cc1ccc(F)c(C(=O)Oc2cc(F)cc(F)c2)c1F. The summed E-state index contributed by atoms with van der Waals surface area (Å²) in [5, 5.41) is 0. The van der Waals surface area contributed by atoms with Crippen LogP contribution in [0.4, 0.5) is 17.6 Å². The monoisotopic (exact) mass is 284 g/mol. The maximum Gasteiger partial charge on any atom is 0.349 e. The third kappa shape index (κ3) is 2.79. The summed E-state index contributed by atoms with van der Waals surface area (Å²) in [5.41, 5.74) is -0.863. The Hall–Kier alpha value is -2.37. The molecule has 2 aromatic rings. The van der Waals surface area contributed by atoms with Crippen LogP contribution in [0, 0.1) is 30.2 Å². The highest BCUT2D eigenvalue weighted by atomic mass is 19.1. The molecule has 0 amide bonds. The van der Waals surface area contributed by atoms with Crippen molar-refractivity contribution in [1.82, 2.24) is 0 Å². The van der Waals surface area contributed by atoms with E-state index < -0.39 is 40.6 Å². The number of aryl methyl sites for hydroxylation is 1. The maximum absolute atomic E-state index is 13.7. The first-order valence-electron chi connectivity index (χ1n) is 5.51. The molecule has 0 N–H and O–H groups in total. The molecule has 104 valence electrons. The zero-order valence-corrected chi connectivity index (χ0v) is 10.2. The molecular formula is C14H8F4O2. The number of hydrogen-bond acceptors (Lipinski definition) is 2. The Morgan fingerprint density at radius 1 is 1.00 bits per heavy atom. The molecule has 0 bridgehead atoms. The summed E-state index contributed by atoms with van der Waals surface area (Å²) >= 11 is 0. The predicted molar refractivity (Wildman–Crippen MR) is 62.4 cm³/mol. The molecule has 0 unspecified atom stereocenters. The fourth-order valence-electron chi connectivity index (χ4n) is 1.59. The Balaban J connectivity index is 2.35. The van der Waals surface area contributed by atoms with E-state index in [1.165, 1.54) is 6.92 Å². The molecule has 0 aliphatic carbocycles. The predicted octanol–water partition coefficient (Wildman–Crippen LogP) is 3.77. The van der Waals surface area contributed by atoms with Gasteiger partial charge in [-0.15, -0.1) is 0 Å². The Morgan fingerprint density at radius 3 is 2.20 bits per heavy atom.